The molecule has 1 heteroatoms. The molecule has 1 nitrogen and oxygen atoms in total. The highest BCUT2D eigenvalue weighted by atomic mass is 16.1. The summed E-state index contributed by atoms with van der Waals surface area (Å²) in [6, 6.07) is 0. The van der Waals surface area contributed by atoms with Crippen molar-refractivity contribution in [2.24, 2.45) is 16.7 Å². The summed E-state index contributed by atoms with van der Waals surface area (Å²) in [7, 11) is 0. The Labute approximate surface area is 84.9 Å². The molecule has 2 saturated carbocycles. The first-order valence-corrected chi connectivity index (χ1v) is 5.50. The summed E-state index contributed by atoms with van der Waals surface area (Å²) in [5.74, 6) is 0.982. The van der Waals surface area contributed by atoms with Crippen molar-refractivity contribution in [1.29, 1.82) is 0 Å². The molecule has 3 aliphatic carbocycles. The van der Waals surface area contributed by atoms with Gasteiger partial charge in [-0.3, -0.25) is 4.79 Å². The van der Waals surface area contributed by atoms with Crippen molar-refractivity contribution in [1.82, 2.24) is 0 Å². The second-order valence-electron chi connectivity index (χ2n) is 5.61. The number of hydrogen-bond acceptors (Lipinski definition) is 1. The number of ketones is 1. The molecule has 1 spiro atoms. The second-order valence-corrected chi connectivity index (χ2v) is 5.61. The zero-order valence-electron chi connectivity index (χ0n) is 8.84. The van der Waals surface area contributed by atoms with E-state index in [4.69, 9.17) is 0 Å². The molecule has 0 heterocycles. The van der Waals surface area contributed by atoms with Gasteiger partial charge >= 0.3 is 0 Å². The van der Waals surface area contributed by atoms with Crippen LogP contribution in [0.1, 0.15) is 33.1 Å². The standard InChI is InChI=1S/C13H16O/c1-12(2)9-3-5-13(8-9)6-4-10(14)7-11(12)13/h4,6-7,9H,3,5,8H2,1-2H3. The van der Waals surface area contributed by atoms with Gasteiger partial charge in [0.05, 0.1) is 0 Å². The van der Waals surface area contributed by atoms with Gasteiger partial charge in [-0.1, -0.05) is 25.5 Å². The van der Waals surface area contributed by atoms with Gasteiger partial charge in [-0.25, -0.2) is 0 Å². The number of rotatable bonds is 0. The molecule has 0 aliphatic heterocycles. The normalized spacial score (nSPS) is 42.6. The van der Waals surface area contributed by atoms with Crippen molar-refractivity contribution in [2.75, 3.05) is 0 Å². The van der Waals surface area contributed by atoms with Gasteiger partial charge in [0.1, 0.15) is 0 Å². The van der Waals surface area contributed by atoms with E-state index in [1.165, 1.54) is 24.8 Å². The molecule has 0 saturated heterocycles. The van der Waals surface area contributed by atoms with E-state index in [1.54, 1.807) is 6.08 Å². The quantitative estimate of drug-likeness (QED) is 0.571. The van der Waals surface area contributed by atoms with Crippen LogP contribution in [0.25, 0.3) is 0 Å². The fraction of sp³-hybridized carbons (Fsp3) is 0.615. The molecule has 0 radical (unpaired) electrons. The van der Waals surface area contributed by atoms with Gasteiger partial charge in [0.15, 0.2) is 5.78 Å². The van der Waals surface area contributed by atoms with Crippen LogP contribution in [0.5, 0.6) is 0 Å². The van der Waals surface area contributed by atoms with Crippen LogP contribution in [0, 0.1) is 16.7 Å². The summed E-state index contributed by atoms with van der Waals surface area (Å²) in [6.07, 6.45) is 9.72. The summed E-state index contributed by atoms with van der Waals surface area (Å²) in [5.41, 5.74) is 1.95. The van der Waals surface area contributed by atoms with Crippen LogP contribution in [0.3, 0.4) is 0 Å². The van der Waals surface area contributed by atoms with Gasteiger partial charge in [-0.15, -0.1) is 0 Å². The molecule has 0 aromatic heterocycles. The lowest BCUT2D eigenvalue weighted by Gasteiger charge is -2.38. The Morgan fingerprint density at radius 1 is 1.43 bits per heavy atom. The van der Waals surface area contributed by atoms with E-state index < -0.39 is 0 Å². The smallest absolute Gasteiger partial charge is 0.178 e. The highest BCUT2D eigenvalue weighted by Gasteiger charge is 2.57. The van der Waals surface area contributed by atoms with Gasteiger partial charge in [0, 0.05) is 5.41 Å². The van der Waals surface area contributed by atoms with Crippen molar-refractivity contribution in [3.63, 3.8) is 0 Å². The molecule has 0 N–H and O–H groups in total. The summed E-state index contributed by atoms with van der Waals surface area (Å²) in [4.78, 5) is 11.4. The summed E-state index contributed by atoms with van der Waals surface area (Å²) in [5, 5.41) is 0. The Morgan fingerprint density at radius 2 is 2.21 bits per heavy atom. The van der Waals surface area contributed by atoms with E-state index in [0.717, 1.165) is 5.92 Å². The van der Waals surface area contributed by atoms with Crippen molar-refractivity contribution in [3.05, 3.63) is 23.8 Å². The van der Waals surface area contributed by atoms with Gasteiger partial charge in [-0.05, 0) is 42.7 Å². The molecular formula is C13H16O. The zero-order chi connectivity index (χ0) is 9.97. The Balaban J connectivity index is 2.18. The number of hydrogen-bond donors (Lipinski definition) is 0. The van der Waals surface area contributed by atoms with E-state index in [-0.39, 0.29) is 16.6 Å². The first kappa shape index (κ1) is 8.46. The van der Waals surface area contributed by atoms with E-state index in [1.807, 2.05) is 6.08 Å². The van der Waals surface area contributed by atoms with Crippen molar-refractivity contribution in [2.45, 2.75) is 33.1 Å². The van der Waals surface area contributed by atoms with Gasteiger partial charge in [0.2, 0.25) is 0 Å². The van der Waals surface area contributed by atoms with Crippen molar-refractivity contribution >= 4 is 5.78 Å². The lowest BCUT2D eigenvalue weighted by atomic mass is 9.66. The van der Waals surface area contributed by atoms with E-state index in [9.17, 15) is 4.79 Å². The Morgan fingerprint density at radius 3 is 3.00 bits per heavy atom. The maximum atomic E-state index is 11.4. The fourth-order valence-corrected chi connectivity index (χ4v) is 3.80. The molecule has 2 atom stereocenters. The molecule has 2 unspecified atom stereocenters. The minimum atomic E-state index is 0.186. The summed E-state index contributed by atoms with van der Waals surface area (Å²) in [6.45, 7) is 4.60. The maximum absolute atomic E-state index is 11.4. The molecular weight excluding hydrogens is 172 g/mol. The van der Waals surface area contributed by atoms with Crippen LogP contribution < -0.4 is 0 Å². The second kappa shape index (κ2) is 2.21. The van der Waals surface area contributed by atoms with Gasteiger partial charge < -0.3 is 0 Å². The topological polar surface area (TPSA) is 17.1 Å². The molecule has 14 heavy (non-hydrogen) atoms. The average Bonchev–Trinajstić information content (AvgIpc) is 2.62. The molecule has 74 valence electrons. The first-order chi connectivity index (χ1) is 6.55. The molecule has 3 aliphatic rings. The predicted molar refractivity (Wildman–Crippen MR) is 55.8 cm³/mol. The van der Waals surface area contributed by atoms with Crippen molar-refractivity contribution in [3.8, 4) is 0 Å². The summed E-state index contributed by atoms with van der Waals surface area (Å²) < 4.78 is 0. The van der Waals surface area contributed by atoms with Crippen LogP contribution in [-0.4, -0.2) is 5.78 Å². The molecule has 0 aromatic rings. The van der Waals surface area contributed by atoms with Gasteiger partial charge in [-0.2, -0.15) is 0 Å². The third-order valence-electron chi connectivity index (χ3n) is 4.65. The van der Waals surface area contributed by atoms with Crippen molar-refractivity contribution < 1.29 is 4.79 Å². The number of fused-ring (bicyclic) bond motifs is 1. The Bertz CT molecular complexity index is 373. The van der Waals surface area contributed by atoms with E-state index >= 15 is 0 Å². The van der Waals surface area contributed by atoms with Crippen LogP contribution >= 0.6 is 0 Å². The number of carbonyl (C=O) groups excluding carboxylic acids is 1. The molecule has 2 fully saturated rings. The third-order valence-corrected chi connectivity index (χ3v) is 4.65. The minimum Gasteiger partial charge on any atom is -0.290 e. The lowest BCUT2D eigenvalue weighted by molar-refractivity contribution is -0.110. The number of allylic oxidation sites excluding steroid dienone is 4. The van der Waals surface area contributed by atoms with Crippen LogP contribution in [0.15, 0.2) is 23.8 Å². The van der Waals surface area contributed by atoms with Crippen LogP contribution in [0.4, 0.5) is 0 Å². The molecule has 0 aromatic carbocycles. The first-order valence-electron chi connectivity index (χ1n) is 5.50. The zero-order valence-corrected chi connectivity index (χ0v) is 8.84. The number of carbonyl (C=O) groups is 1. The largest absolute Gasteiger partial charge is 0.290 e. The molecule has 3 rings (SSSR count). The Hall–Kier alpha value is -0.850. The van der Waals surface area contributed by atoms with Crippen LogP contribution in [-0.2, 0) is 4.79 Å². The van der Waals surface area contributed by atoms with Gasteiger partial charge in [0.25, 0.3) is 0 Å². The summed E-state index contributed by atoms with van der Waals surface area (Å²) >= 11 is 0. The van der Waals surface area contributed by atoms with Crippen LogP contribution in [0.2, 0.25) is 0 Å². The SMILES string of the molecule is CC1(C)C2=CC(=O)C=CC23CCC1C3. The monoisotopic (exact) mass is 188 g/mol. The lowest BCUT2D eigenvalue weighted by Crippen LogP contribution is -2.29. The third kappa shape index (κ3) is 0.789. The maximum Gasteiger partial charge on any atom is 0.178 e. The molecule has 2 bridgehead atoms. The van der Waals surface area contributed by atoms with E-state index in [0.29, 0.717) is 0 Å². The molecule has 0 amide bonds. The highest BCUT2D eigenvalue weighted by molar-refractivity contribution is 6.01. The fourth-order valence-electron chi connectivity index (χ4n) is 3.80. The average molecular weight is 188 g/mol. The van der Waals surface area contributed by atoms with E-state index in [2.05, 4.69) is 19.9 Å². The highest BCUT2D eigenvalue weighted by Crippen LogP contribution is 2.67. The minimum absolute atomic E-state index is 0.186. The predicted octanol–water partition coefficient (Wildman–Crippen LogP) is 2.88. The Kier molecular flexibility index (Phi) is 1.33.